The number of likely N-dealkylation sites (tertiary alicyclic amines) is 1. The summed E-state index contributed by atoms with van der Waals surface area (Å²) in [6, 6.07) is 7.25. The fraction of sp³-hybridized carbons (Fsp3) is 0.300. The summed E-state index contributed by atoms with van der Waals surface area (Å²) in [5, 5.41) is 12.6. The van der Waals surface area contributed by atoms with E-state index in [1.165, 1.54) is 28.4 Å². The van der Waals surface area contributed by atoms with E-state index in [4.69, 9.17) is 0 Å². The lowest BCUT2D eigenvalue weighted by molar-refractivity contribution is -0.140. The second-order valence-electron chi connectivity index (χ2n) is 6.78. The third-order valence-corrected chi connectivity index (χ3v) is 5.51. The first-order chi connectivity index (χ1) is 12.8. The molecular weight excluding hydrogens is 403 g/mol. The molecule has 0 aliphatic carbocycles. The van der Waals surface area contributed by atoms with Gasteiger partial charge < -0.3 is 14.9 Å². The Morgan fingerprint density at radius 3 is 2.57 bits per heavy atom. The Balaban J connectivity index is 0.00000280. The van der Waals surface area contributed by atoms with Gasteiger partial charge in [0.15, 0.2) is 0 Å². The van der Waals surface area contributed by atoms with Crippen LogP contribution in [0.3, 0.4) is 0 Å². The molecular formula is C20H22ClFN2O3S. The van der Waals surface area contributed by atoms with Gasteiger partial charge in [-0.1, -0.05) is 18.2 Å². The van der Waals surface area contributed by atoms with Crippen LogP contribution in [0.2, 0.25) is 0 Å². The maximum atomic E-state index is 14.0. The van der Waals surface area contributed by atoms with Gasteiger partial charge in [-0.3, -0.25) is 9.59 Å². The molecule has 8 heteroatoms. The van der Waals surface area contributed by atoms with E-state index in [1.807, 2.05) is 36.5 Å². The van der Waals surface area contributed by atoms with E-state index in [2.05, 4.69) is 0 Å². The van der Waals surface area contributed by atoms with Crippen LogP contribution in [0, 0.1) is 12.7 Å². The van der Waals surface area contributed by atoms with Crippen molar-refractivity contribution in [1.29, 1.82) is 0 Å². The Labute approximate surface area is 173 Å². The molecule has 0 saturated carbocycles. The molecule has 2 heterocycles. The van der Waals surface area contributed by atoms with E-state index in [1.54, 1.807) is 13.0 Å². The Hall–Kier alpha value is -2.22. The number of rotatable bonds is 5. The van der Waals surface area contributed by atoms with Crippen molar-refractivity contribution in [1.82, 2.24) is 9.80 Å². The first-order valence-corrected chi connectivity index (χ1v) is 9.42. The Bertz CT molecular complexity index is 912. The van der Waals surface area contributed by atoms with Crippen LogP contribution in [0.4, 0.5) is 4.39 Å². The fourth-order valence-corrected chi connectivity index (χ4v) is 3.90. The molecule has 1 N–H and O–H groups in total. The van der Waals surface area contributed by atoms with E-state index >= 15 is 0 Å². The quantitative estimate of drug-likeness (QED) is 0.452. The summed E-state index contributed by atoms with van der Waals surface area (Å²) in [5.74, 6) is -2.22. The van der Waals surface area contributed by atoms with E-state index in [0.717, 1.165) is 4.88 Å². The molecule has 28 heavy (non-hydrogen) atoms. The number of ketones is 1. The topological polar surface area (TPSA) is 60.9 Å². The lowest BCUT2D eigenvalue weighted by Gasteiger charge is -2.25. The zero-order valence-corrected chi connectivity index (χ0v) is 17.4. The molecule has 1 amide bonds. The van der Waals surface area contributed by atoms with Crippen LogP contribution < -0.4 is 0 Å². The number of carbonyl (C=O) groups excluding carboxylic acids is 2. The molecule has 1 fully saturated rings. The molecule has 150 valence electrons. The summed E-state index contributed by atoms with van der Waals surface area (Å²) >= 11 is 1.41. The summed E-state index contributed by atoms with van der Waals surface area (Å²) in [6.07, 6.45) is 0. The molecule has 3 rings (SSSR count). The van der Waals surface area contributed by atoms with Crippen LogP contribution in [0.15, 0.2) is 41.3 Å². The Morgan fingerprint density at radius 2 is 2.00 bits per heavy atom. The van der Waals surface area contributed by atoms with Gasteiger partial charge >= 0.3 is 0 Å². The number of amides is 1. The van der Waals surface area contributed by atoms with Gasteiger partial charge in [-0.05, 0) is 44.1 Å². The first kappa shape index (κ1) is 22.1. The average molecular weight is 425 g/mol. The lowest BCUT2D eigenvalue weighted by Crippen LogP contribution is -2.35. The molecule has 1 unspecified atom stereocenters. The predicted molar refractivity (Wildman–Crippen MR) is 110 cm³/mol. The summed E-state index contributed by atoms with van der Waals surface area (Å²) < 4.78 is 14.0. The third-order valence-electron chi connectivity index (χ3n) is 4.59. The summed E-state index contributed by atoms with van der Waals surface area (Å²) in [5.41, 5.74) is 0.627. The summed E-state index contributed by atoms with van der Waals surface area (Å²) in [7, 11) is 3.76. The smallest absolute Gasteiger partial charge is 0.295 e. The largest absolute Gasteiger partial charge is 0.507 e. The van der Waals surface area contributed by atoms with Crippen LogP contribution in [0.5, 0.6) is 0 Å². The Morgan fingerprint density at radius 1 is 1.29 bits per heavy atom. The summed E-state index contributed by atoms with van der Waals surface area (Å²) in [4.78, 5) is 29.5. The minimum Gasteiger partial charge on any atom is -0.507 e. The average Bonchev–Trinajstić information content (AvgIpc) is 3.23. The zero-order valence-electron chi connectivity index (χ0n) is 15.8. The van der Waals surface area contributed by atoms with Crippen LogP contribution in [0.25, 0.3) is 5.76 Å². The number of aliphatic hydroxyl groups excluding tert-OH is 1. The number of halogens is 2. The molecule has 1 saturated heterocycles. The Kier molecular flexibility index (Phi) is 6.98. The van der Waals surface area contributed by atoms with Crippen LogP contribution in [-0.2, 0) is 9.59 Å². The van der Waals surface area contributed by atoms with E-state index in [0.29, 0.717) is 18.7 Å². The number of nitrogens with zero attached hydrogens (tertiary/aromatic N) is 2. The number of carbonyl (C=O) groups is 2. The van der Waals surface area contributed by atoms with Crippen molar-refractivity contribution in [3.63, 3.8) is 0 Å². The second kappa shape index (κ2) is 8.86. The van der Waals surface area contributed by atoms with Gasteiger partial charge in [0.2, 0.25) is 0 Å². The molecule has 1 aliphatic heterocycles. The maximum Gasteiger partial charge on any atom is 0.295 e. The normalized spacial score (nSPS) is 18.6. The van der Waals surface area contributed by atoms with Gasteiger partial charge in [-0.2, -0.15) is 0 Å². The number of thiophene rings is 1. The van der Waals surface area contributed by atoms with Gasteiger partial charge in [0.05, 0.1) is 11.6 Å². The molecule has 2 aromatic rings. The van der Waals surface area contributed by atoms with Crippen molar-refractivity contribution in [3.8, 4) is 0 Å². The highest BCUT2D eigenvalue weighted by Crippen LogP contribution is 2.40. The molecule has 1 aliphatic rings. The number of aliphatic hydroxyl groups is 1. The number of likely N-dealkylation sites (N-methyl/N-ethyl adjacent to an activating group) is 1. The van der Waals surface area contributed by atoms with E-state index in [9.17, 15) is 19.1 Å². The van der Waals surface area contributed by atoms with Gasteiger partial charge in [-0.25, -0.2) is 4.39 Å². The number of Topliss-reactive ketones (excluding diaryl/α,β-unsaturated/α-hetero) is 1. The first-order valence-electron chi connectivity index (χ1n) is 8.54. The van der Waals surface area contributed by atoms with Crippen molar-refractivity contribution in [2.45, 2.75) is 13.0 Å². The van der Waals surface area contributed by atoms with Gasteiger partial charge in [0.1, 0.15) is 11.6 Å². The summed E-state index contributed by atoms with van der Waals surface area (Å²) in [6.45, 7) is 2.54. The van der Waals surface area contributed by atoms with Crippen LogP contribution in [-0.4, -0.2) is 53.8 Å². The molecule has 0 spiro atoms. The van der Waals surface area contributed by atoms with Crippen molar-refractivity contribution < 1.29 is 19.1 Å². The second-order valence-corrected chi connectivity index (χ2v) is 7.75. The fourth-order valence-electron chi connectivity index (χ4n) is 3.06. The molecule has 0 bridgehead atoms. The highest BCUT2D eigenvalue weighted by molar-refractivity contribution is 7.10. The molecule has 1 aromatic carbocycles. The van der Waals surface area contributed by atoms with Crippen LogP contribution >= 0.6 is 23.7 Å². The molecule has 1 atom stereocenters. The highest BCUT2D eigenvalue weighted by atomic mass is 35.5. The highest BCUT2D eigenvalue weighted by Gasteiger charge is 2.46. The van der Waals surface area contributed by atoms with Crippen LogP contribution in [0.1, 0.15) is 22.0 Å². The third kappa shape index (κ3) is 4.11. The lowest BCUT2D eigenvalue weighted by atomic mass is 9.99. The van der Waals surface area contributed by atoms with Crippen molar-refractivity contribution in [2.24, 2.45) is 0 Å². The number of hydrogen-bond acceptors (Lipinski definition) is 5. The van der Waals surface area contributed by atoms with E-state index < -0.39 is 23.5 Å². The van der Waals surface area contributed by atoms with Gasteiger partial charge in [0.25, 0.3) is 11.7 Å². The number of aryl methyl sites for hydroxylation is 1. The number of benzene rings is 1. The standard InChI is InChI=1S/C20H21FN2O3S.ClH/c1-12-6-7-13(11-14(12)21)18(24)16-17(15-5-4-10-27-15)23(9-8-22(2)3)20(26)19(16)25;/h4-7,10-11,17,24H,8-9H2,1-3H3;1H/b18-16+;. The van der Waals surface area contributed by atoms with Gasteiger partial charge in [0, 0.05) is 23.5 Å². The monoisotopic (exact) mass is 424 g/mol. The van der Waals surface area contributed by atoms with Crippen molar-refractivity contribution in [3.05, 3.63) is 63.1 Å². The SMILES string of the molecule is Cc1ccc(/C(O)=C2\C(=O)C(=O)N(CCN(C)C)C2c2cccs2)cc1F.Cl. The van der Waals surface area contributed by atoms with Gasteiger partial charge in [-0.15, -0.1) is 23.7 Å². The zero-order chi connectivity index (χ0) is 19.7. The maximum absolute atomic E-state index is 14.0. The molecule has 0 radical (unpaired) electrons. The molecule has 1 aromatic heterocycles. The van der Waals surface area contributed by atoms with Crippen molar-refractivity contribution >= 4 is 41.2 Å². The van der Waals surface area contributed by atoms with Crippen molar-refractivity contribution in [2.75, 3.05) is 27.2 Å². The minimum absolute atomic E-state index is 0. The number of hydrogen-bond donors (Lipinski definition) is 1. The predicted octanol–water partition coefficient (Wildman–Crippen LogP) is 3.60. The minimum atomic E-state index is -0.745. The molecule has 5 nitrogen and oxygen atoms in total. The van der Waals surface area contributed by atoms with E-state index in [-0.39, 0.29) is 29.3 Å².